The van der Waals surface area contributed by atoms with Gasteiger partial charge in [-0.25, -0.2) is 4.99 Å². The van der Waals surface area contributed by atoms with E-state index in [1.54, 1.807) is 12.3 Å². The lowest BCUT2D eigenvalue weighted by Crippen LogP contribution is -2.40. The Morgan fingerprint density at radius 3 is 2.90 bits per heavy atom. The third-order valence-electron chi connectivity index (χ3n) is 4.56. The number of para-hydroxylation sites is 1. The number of ether oxygens (including phenoxy) is 2. The van der Waals surface area contributed by atoms with Gasteiger partial charge in [0, 0.05) is 37.6 Å². The molecule has 1 saturated heterocycles. The Balaban J connectivity index is 0.00000300. The Labute approximate surface area is 189 Å². The molecular formula is C22H30IN3O3. The molecule has 158 valence electrons. The second-order valence-corrected chi connectivity index (χ2v) is 6.74. The number of hydrogen-bond donors (Lipinski definition) is 2. The van der Waals surface area contributed by atoms with Gasteiger partial charge >= 0.3 is 0 Å². The molecule has 1 unspecified atom stereocenters. The van der Waals surface area contributed by atoms with E-state index in [4.69, 9.17) is 18.9 Å². The van der Waals surface area contributed by atoms with Crippen molar-refractivity contribution in [2.45, 2.75) is 19.4 Å². The highest BCUT2D eigenvalue weighted by molar-refractivity contribution is 14.0. The van der Waals surface area contributed by atoms with Crippen molar-refractivity contribution < 1.29 is 13.9 Å². The van der Waals surface area contributed by atoms with E-state index in [9.17, 15) is 0 Å². The predicted octanol–water partition coefficient (Wildman–Crippen LogP) is 3.78. The van der Waals surface area contributed by atoms with E-state index >= 15 is 0 Å². The summed E-state index contributed by atoms with van der Waals surface area (Å²) in [5, 5.41) is 6.84. The number of rotatable bonds is 10. The highest BCUT2D eigenvalue weighted by Gasteiger charge is 2.15. The van der Waals surface area contributed by atoms with Crippen LogP contribution in [-0.2, 0) is 17.7 Å². The van der Waals surface area contributed by atoms with Gasteiger partial charge in [-0.3, -0.25) is 0 Å². The fourth-order valence-electron chi connectivity index (χ4n) is 3.01. The molecule has 0 saturated carbocycles. The highest BCUT2D eigenvalue weighted by atomic mass is 127. The van der Waals surface area contributed by atoms with Gasteiger partial charge in [0.2, 0.25) is 0 Å². The van der Waals surface area contributed by atoms with Gasteiger partial charge < -0.3 is 24.5 Å². The molecule has 2 aromatic rings. The first-order chi connectivity index (χ1) is 13.8. The van der Waals surface area contributed by atoms with E-state index in [2.05, 4.69) is 17.2 Å². The summed E-state index contributed by atoms with van der Waals surface area (Å²) in [6.07, 6.45) is 5.33. The summed E-state index contributed by atoms with van der Waals surface area (Å²) in [6, 6.07) is 11.8. The number of guanidine groups is 1. The zero-order chi connectivity index (χ0) is 19.4. The number of aliphatic imine (C=N–C) groups is 1. The monoisotopic (exact) mass is 511 g/mol. The minimum atomic E-state index is 0. The van der Waals surface area contributed by atoms with E-state index in [1.807, 2.05) is 36.4 Å². The molecule has 6 nitrogen and oxygen atoms in total. The molecule has 0 radical (unpaired) electrons. The van der Waals surface area contributed by atoms with Crippen LogP contribution >= 0.6 is 24.0 Å². The van der Waals surface area contributed by atoms with Gasteiger partial charge in [-0.1, -0.05) is 30.9 Å². The maximum absolute atomic E-state index is 5.73. The Hall–Kier alpha value is -2.00. The van der Waals surface area contributed by atoms with Crippen LogP contribution in [0.3, 0.4) is 0 Å². The fourth-order valence-corrected chi connectivity index (χ4v) is 3.01. The largest absolute Gasteiger partial charge is 0.489 e. The van der Waals surface area contributed by atoms with Crippen LogP contribution in [0.25, 0.3) is 0 Å². The first-order valence-corrected chi connectivity index (χ1v) is 9.79. The quantitative estimate of drug-likeness (QED) is 0.220. The standard InChI is InChI=1S/C22H29N3O3.HI/c1-2-12-28-21-8-4-3-6-19(21)16-25-22(24-15-18-10-14-26-17-18)23-11-9-20-7-5-13-27-20;/h2-8,13,18H,1,9-12,14-17H2,(H2,23,24,25);1H. The van der Waals surface area contributed by atoms with Crippen LogP contribution in [0.2, 0.25) is 0 Å². The van der Waals surface area contributed by atoms with Crippen molar-refractivity contribution in [2.24, 2.45) is 10.9 Å². The van der Waals surface area contributed by atoms with Crippen molar-refractivity contribution in [1.82, 2.24) is 10.6 Å². The molecule has 3 rings (SSSR count). The lowest BCUT2D eigenvalue weighted by molar-refractivity contribution is 0.186. The number of halogens is 1. The van der Waals surface area contributed by atoms with Crippen molar-refractivity contribution in [2.75, 3.05) is 32.9 Å². The maximum Gasteiger partial charge on any atom is 0.191 e. The second kappa shape index (κ2) is 13.3. The number of furan rings is 1. The summed E-state index contributed by atoms with van der Waals surface area (Å²) in [7, 11) is 0. The number of nitrogens with one attached hydrogen (secondary N) is 2. The summed E-state index contributed by atoms with van der Waals surface area (Å²) in [5.74, 6) is 3.11. The zero-order valence-corrected chi connectivity index (χ0v) is 19.0. The molecule has 0 amide bonds. The topological polar surface area (TPSA) is 68.0 Å². The third kappa shape index (κ3) is 8.10. The normalized spacial score (nSPS) is 16.1. The minimum Gasteiger partial charge on any atom is -0.489 e. The first kappa shape index (κ1) is 23.3. The van der Waals surface area contributed by atoms with Crippen LogP contribution in [0.5, 0.6) is 5.75 Å². The molecule has 0 aliphatic carbocycles. The predicted molar refractivity (Wildman–Crippen MR) is 126 cm³/mol. The molecular weight excluding hydrogens is 481 g/mol. The SMILES string of the molecule is C=CCOc1ccccc1CN=C(NCCc1ccco1)NCC1CCOC1.I. The summed E-state index contributed by atoms with van der Waals surface area (Å²) in [5.41, 5.74) is 1.04. The van der Waals surface area contributed by atoms with Crippen LogP contribution in [-0.4, -0.2) is 38.9 Å². The average Bonchev–Trinajstić information content (AvgIpc) is 3.42. The van der Waals surface area contributed by atoms with Crippen molar-refractivity contribution in [3.63, 3.8) is 0 Å². The zero-order valence-electron chi connectivity index (χ0n) is 16.6. The lowest BCUT2D eigenvalue weighted by atomic mass is 10.1. The molecule has 0 bridgehead atoms. The first-order valence-electron chi connectivity index (χ1n) is 9.79. The van der Waals surface area contributed by atoms with Gasteiger partial charge in [-0.15, -0.1) is 24.0 Å². The van der Waals surface area contributed by atoms with Gasteiger partial charge in [0.15, 0.2) is 5.96 Å². The van der Waals surface area contributed by atoms with Crippen LogP contribution in [0.15, 0.2) is 64.7 Å². The number of hydrogen-bond acceptors (Lipinski definition) is 4. The van der Waals surface area contributed by atoms with Crippen molar-refractivity contribution >= 4 is 29.9 Å². The summed E-state index contributed by atoms with van der Waals surface area (Å²) in [4.78, 5) is 4.76. The van der Waals surface area contributed by atoms with Crippen molar-refractivity contribution in [1.29, 1.82) is 0 Å². The highest BCUT2D eigenvalue weighted by Crippen LogP contribution is 2.19. The molecule has 7 heteroatoms. The summed E-state index contributed by atoms with van der Waals surface area (Å²) >= 11 is 0. The van der Waals surface area contributed by atoms with Gasteiger partial charge in [-0.2, -0.15) is 0 Å². The number of benzene rings is 1. The molecule has 1 aromatic carbocycles. The maximum atomic E-state index is 5.73. The Bertz CT molecular complexity index is 744. The van der Waals surface area contributed by atoms with Gasteiger partial charge in [0.25, 0.3) is 0 Å². The molecule has 1 atom stereocenters. The van der Waals surface area contributed by atoms with E-state index in [0.29, 0.717) is 19.1 Å². The summed E-state index contributed by atoms with van der Waals surface area (Å²) < 4.78 is 16.6. The molecule has 2 N–H and O–H groups in total. The van der Waals surface area contributed by atoms with Crippen LogP contribution in [0, 0.1) is 5.92 Å². The lowest BCUT2D eigenvalue weighted by Gasteiger charge is -2.15. The van der Waals surface area contributed by atoms with Crippen molar-refractivity contribution in [3.8, 4) is 5.75 Å². The molecule has 1 aliphatic heterocycles. The van der Waals surface area contributed by atoms with Crippen LogP contribution in [0.4, 0.5) is 0 Å². The van der Waals surface area contributed by atoms with Crippen LogP contribution < -0.4 is 15.4 Å². The molecule has 1 fully saturated rings. The molecule has 29 heavy (non-hydrogen) atoms. The minimum absolute atomic E-state index is 0. The number of nitrogens with zero attached hydrogens (tertiary/aromatic N) is 1. The van der Waals surface area contributed by atoms with Crippen LogP contribution in [0.1, 0.15) is 17.7 Å². The average molecular weight is 511 g/mol. The molecule has 0 spiro atoms. The van der Waals surface area contributed by atoms with Gasteiger partial charge in [0.05, 0.1) is 19.4 Å². The third-order valence-corrected chi connectivity index (χ3v) is 4.56. The van der Waals surface area contributed by atoms with E-state index in [-0.39, 0.29) is 24.0 Å². The van der Waals surface area contributed by atoms with E-state index < -0.39 is 0 Å². The fraction of sp³-hybridized carbons (Fsp3) is 0.409. The second-order valence-electron chi connectivity index (χ2n) is 6.74. The van der Waals surface area contributed by atoms with E-state index in [0.717, 1.165) is 62.2 Å². The molecule has 1 aliphatic rings. The Kier molecular flexibility index (Phi) is 10.6. The smallest absolute Gasteiger partial charge is 0.191 e. The molecule has 2 heterocycles. The summed E-state index contributed by atoms with van der Waals surface area (Å²) in [6.45, 7) is 7.97. The Morgan fingerprint density at radius 1 is 1.24 bits per heavy atom. The van der Waals surface area contributed by atoms with Gasteiger partial charge in [-0.05, 0) is 24.6 Å². The van der Waals surface area contributed by atoms with E-state index in [1.165, 1.54) is 0 Å². The van der Waals surface area contributed by atoms with Crippen molar-refractivity contribution in [3.05, 3.63) is 66.6 Å². The Morgan fingerprint density at radius 2 is 2.14 bits per heavy atom. The van der Waals surface area contributed by atoms with Gasteiger partial charge in [0.1, 0.15) is 18.1 Å². The molecule has 1 aromatic heterocycles.